The van der Waals surface area contributed by atoms with Gasteiger partial charge in [0.05, 0.1) is 12.2 Å². The third-order valence-electron chi connectivity index (χ3n) is 3.31. The smallest absolute Gasteiger partial charge is 0.338 e. The molecule has 1 aromatic carbocycles. The summed E-state index contributed by atoms with van der Waals surface area (Å²) in [6.07, 6.45) is 4.39. The molecular formula is C17H22N2O2. The first-order valence-electron chi connectivity index (χ1n) is 7.22. The maximum Gasteiger partial charge on any atom is 0.338 e. The molecule has 0 radical (unpaired) electrons. The molecule has 4 heteroatoms. The van der Waals surface area contributed by atoms with Crippen LogP contribution in [0.3, 0.4) is 0 Å². The van der Waals surface area contributed by atoms with E-state index in [1.54, 1.807) is 6.20 Å². The second-order valence-electron chi connectivity index (χ2n) is 6.09. The highest BCUT2D eigenvalue weighted by atomic mass is 16.5. The van der Waals surface area contributed by atoms with E-state index in [0.29, 0.717) is 12.2 Å². The highest BCUT2D eigenvalue weighted by molar-refractivity contribution is 5.89. The van der Waals surface area contributed by atoms with Gasteiger partial charge in [-0.3, -0.25) is 4.68 Å². The molecule has 0 aliphatic rings. The maximum absolute atomic E-state index is 11.9. The van der Waals surface area contributed by atoms with Crippen LogP contribution in [-0.2, 0) is 16.7 Å². The maximum atomic E-state index is 11.9. The van der Waals surface area contributed by atoms with Gasteiger partial charge in [0, 0.05) is 25.4 Å². The van der Waals surface area contributed by atoms with Crippen LogP contribution in [0.15, 0.2) is 42.7 Å². The van der Waals surface area contributed by atoms with Crippen LogP contribution in [0.4, 0.5) is 0 Å². The zero-order valence-corrected chi connectivity index (χ0v) is 12.9. The normalized spacial score (nSPS) is 11.4. The lowest BCUT2D eigenvalue weighted by Crippen LogP contribution is -2.12. The topological polar surface area (TPSA) is 44.1 Å². The van der Waals surface area contributed by atoms with Crippen molar-refractivity contribution >= 4 is 5.97 Å². The van der Waals surface area contributed by atoms with E-state index in [9.17, 15) is 4.79 Å². The van der Waals surface area contributed by atoms with Gasteiger partial charge in [-0.15, -0.1) is 0 Å². The molecule has 0 saturated carbocycles. The quantitative estimate of drug-likeness (QED) is 0.625. The number of carbonyl (C=O) groups excluding carboxylic acids is 1. The van der Waals surface area contributed by atoms with Gasteiger partial charge in [-0.1, -0.05) is 32.9 Å². The monoisotopic (exact) mass is 286 g/mol. The third kappa shape index (κ3) is 4.45. The Hall–Kier alpha value is -2.10. The van der Waals surface area contributed by atoms with E-state index in [2.05, 4.69) is 25.9 Å². The molecule has 21 heavy (non-hydrogen) atoms. The summed E-state index contributed by atoms with van der Waals surface area (Å²) >= 11 is 0. The Morgan fingerprint density at radius 2 is 1.95 bits per heavy atom. The lowest BCUT2D eigenvalue weighted by molar-refractivity contribution is 0.0495. The fourth-order valence-corrected chi connectivity index (χ4v) is 2.01. The van der Waals surface area contributed by atoms with Crippen molar-refractivity contribution in [1.82, 2.24) is 9.78 Å². The van der Waals surface area contributed by atoms with Gasteiger partial charge in [-0.25, -0.2) is 4.79 Å². The van der Waals surface area contributed by atoms with E-state index >= 15 is 0 Å². The van der Waals surface area contributed by atoms with E-state index in [4.69, 9.17) is 4.74 Å². The standard InChI is InChI=1S/C17H22N2O2/c1-17(2,3)15-8-6-14(7-9-15)16(20)21-13-5-12-19-11-4-10-18-19/h4,6-11H,5,12-13H2,1-3H3. The Morgan fingerprint density at radius 1 is 1.24 bits per heavy atom. The molecule has 0 saturated heterocycles. The lowest BCUT2D eigenvalue weighted by Gasteiger charge is -2.18. The number of hydrogen-bond donors (Lipinski definition) is 0. The van der Waals surface area contributed by atoms with Gasteiger partial charge in [0.15, 0.2) is 0 Å². The average molecular weight is 286 g/mol. The Morgan fingerprint density at radius 3 is 2.52 bits per heavy atom. The summed E-state index contributed by atoms with van der Waals surface area (Å²) in [5.74, 6) is -0.268. The largest absolute Gasteiger partial charge is 0.462 e. The molecule has 0 spiro atoms. The van der Waals surface area contributed by atoms with Crippen molar-refractivity contribution < 1.29 is 9.53 Å². The molecule has 0 N–H and O–H groups in total. The van der Waals surface area contributed by atoms with Crippen molar-refractivity contribution in [3.63, 3.8) is 0 Å². The molecule has 1 heterocycles. The van der Waals surface area contributed by atoms with E-state index in [-0.39, 0.29) is 11.4 Å². The van der Waals surface area contributed by atoms with Crippen LogP contribution in [0.25, 0.3) is 0 Å². The molecule has 112 valence electrons. The van der Waals surface area contributed by atoms with E-state index in [0.717, 1.165) is 13.0 Å². The summed E-state index contributed by atoms with van der Waals surface area (Å²) in [5.41, 5.74) is 1.89. The number of hydrogen-bond acceptors (Lipinski definition) is 3. The average Bonchev–Trinajstić information content (AvgIpc) is 2.96. The first-order valence-corrected chi connectivity index (χ1v) is 7.22. The van der Waals surface area contributed by atoms with Crippen LogP contribution >= 0.6 is 0 Å². The van der Waals surface area contributed by atoms with E-state index in [1.165, 1.54) is 5.56 Å². The van der Waals surface area contributed by atoms with E-state index in [1.807, 2.05) is 41.2 Å². The van der Waals surface area contributed by atoms with Crippen LogP contribution in [0.2, 0.25) is 0 Å². The Bertz CT molecular complexity index is 566. The summed E-state index contributed by atoms with van der Waals surface area (Å²) in [6, 6.07) is 9.51. The molecule has 0 bridgehead atoms. The Balaban J connectivity index is 1.80. The van der Waals surface area contributed by atoms with Crippen molar-refractivity contribution in [2.45, 2.75) is 39.2 Å². The summed E-state index contributed by atoms with van der Waals surface area (Å²) in [6.45, 7) is 7.60. The summed E-state index contributed by atoms with van der Waals surface area (Å²) in [7, 11) is 0. The van der Waals surface area contributed by atoms with E-state index < -0.39 is 0 Å². The third-order valence-corrected chi connectivity index (χ3v) is 3.31. The molecule has 2 aromatic rings. The minimum absolute atomic E-state index is 0.0895. The highest BCUT2D eigenvalue weighted by Crippen LogP contribution is 2.22. The highest BCUT2D eigenvalue weighted by Gasteiger charge is 2.14. The first kappa shape index (κ1) is 15.3. The van der Waals surface area contributed by atoms with Crippen LogP contribution < -0.4 is 0 Å². The predicted molar refractivity (Wildman–Crippen MR) is 82.3 cm³/mol. The second-order valence-corrected chi connectivity index (χ2v) is 6.09. The van der Waals surface area contributed by atoms with Crippen molar-refractivity contribution in [3.05, 3.63) is 53.9 Å². The second kappa shape index (κ2) is 6.57. The number of aromatic nitrogens is 2. The molecule has 0 amide bonds. The van der Waals surface area contributed by atoms with Crippen LogP contribution in [0, 0.1) is 0 Å². The Labute approximate surface area is 125 Å². The number of carbonyl (C=O) groups is 1. The first-order chi connectivity index (χ1) is 9.97. The molecule has 0 fully saturated rings. The molecule has 0 atom stereocenters. The molecule has 0 unspecified atom stereocenters. The van der Waals surface area contributed by atoms with Gasteiger partial charge in [0.1, 0.15) is 0 Å². The minimum atomic E-state index is -0.268. The molecule has 2 rings (SSSR count). The van der Waals surface area contributed by atoms with Gasteiger partial charge in [0.25, 0.3) is 0 Å². The number of esters is 1. The van der Waals surface area contributed by atoms with Gasteiger partial charge in [0.2, 0.25) is 0 Å². The zero-order valence-electron chi connectivity index (χ0n) is 12.9. The fraction of sp³-hybridized carbons (Fsp3) is 0.412. The number of ether oxygens (including phenoxy) is 1. The minimum Gasteiger partial charge on any atom is -0.462 e. The SMILES string of the molecule is CC(C)(C)c1ccc(C(=O)OCCCn2cccn2)cc1. The number of aryl methyl sites for hydroxylation is 1. The van der Waals surface area contributed by atoms with Crippen molar-refractivity contribution in [2.75, 3.05) is 6.61 Å². The van der Waals surface area contributed by atoms with Gasteiger partial charge in [-0.05, 0) is 29.2 Å². The molecule has 1 aromatic heterocycles. The summed E-state index contributed by atoms with van der Waals surface area (Å²) in [4.78, 5) is 11.9. The van der Waals surface area contributed by atoms with Crippen molar-refractivity contribution in [3.8, 4) is 0 Å². The molecular weight excluding hydrogens is 264 g/mol. The number of nitrogens with zero attached hydrogens (tertiary/aromatic N) is 2. The van der Waals surface area contributed by atoms with Crippen molar-refractivity contribution in [2.24, 2.45) is 0 Å². The molecule has 4 nitrogen and oxygen atoms in total. The predicted octanol–water partition coefficient (Wildman–Crippen LogP) is 3.43. The summed E-state index contributed by atoms with van der Waals surface area (Å²) < 4.78 is 7.10. The zero-order chi connectivity index (χ0) is 15.3. The Kier molecular flexibility index (Phi) is 4.78. The van der Waals surface area contributed by atoms with Crippen LogP contribution in [0.5, 0.6) is 0 Å². The van der Waals surface area contributed by atoms with Gasteiger partial charge >= 0.3 is 5.97 Å². The fourth-order valence-electron chi connectivity index (χ4n) is 2.01. The van der Waals surface area contributed by atoms with Crippen LogP contribution in [0.1, 0.15) is 43.1 Å². The van der Waals surface area contributed by atoms with Gasteiger partial charge < -0.3 is 4.74 Å². The molecule has 0 aliphatic heterocycles. The number of rotatable bonds is 5. The van der Waals surface area contributed by atoms with Crippen LogP contribution in [-0.4, -0.2) is 22.4 Å². The number of benzene rings is 1. The van der Waals surface area contributed by atoms with Crippen molar-refractivity contribution in [1.29, 1.82) is 0 Å². The summed E-state index contributed by atoms with van der Waals surface area (Å²) in [5, 5.41) is 4.10. The van der Waals surface area contributed by atoms with Gasteiger partial charge in [-0.2, -0.15) is 5.10 Å². The molecule has 0 aliphatic carbocycles. The lowest BCUT2D eigenvalue weighted by atomic mass is 9.87.